The van der Waals surface area contributed by atoms with Crippen molar-refractivity contribution in [1.82, 2.24) is 9.88 Å². The highest BCUT2D eigenvalue weighted by atomic mass is 16.5. The van der Waals surface area contributed by atoms with Gasteiger partial charge >= 0.3 is 0 Å². The average molecular weight is 326 g/mol. The van der Waals surface area contributed by atoms with Gasteiger partial charge in [0.05, 0.1) is 6.10 Å². The molecule has 0 atom stereocenters. The summed E-state index contributed by atoms with van der Waals surface area (Å²) in [5.74, 6) is 0.928. The summed E-state index contributed by atoms with van der Waals surface area (Å²) in [5.41, 5.74) is 1.01. The van der Waals surface area contributed by atoms with Crippen LogP contribution < -0.4 is 10.3 Å². The summed E-state index contributed by atoms with van der Waals surface area (Å²) in [4.78, 5) is 17.3. The largest absolute Gasteiger partial charge is 0.490 e. The van der Waals surface area contributed by atoms with E-state index in [0.717, 1.165) is 41.0 Å². The van der Waals surface area contributed by atoms with Crippen LogP contribution in [0.25, 0.3) is 10.8 Å². The Morgan fingerprint density at radius 1 is 1.12 bits per heavy atom. The molecular weight excluding hydrogens is 300 g/mol. The van der Waals surface area contributed by atoms with Crippen molar-refractivity contribution in [2.75, 3.05) is 13.1 Å². The van der Waals surface area contributed by atoms with Gasteiger partial charge in [0.2, 0.25) is 0 Å². The minimum absolute atomic E-state index is 0.0340. The molecule has 128 valence electrons. The number of aromatic nitrogens is 1. The zero-order valence-corrected chi connectivity index (χ0v) is 14.4. The Bertz CT molecular complexity index is 769. The van der Waals surface area contributed by atoms with E-state index in [-0.39, 0.29) is 5.56 Å². The number of aromatic amines is 1. The summed E-state index contributed by atoms with van der Waals surface area (Å²) < 4.78 is 6.31. The topological polar surface area (TPSA) is 45.3 Å². The van der Waals surface area contributed by atoms with E-state index in [4.69, 9.17) is 4.74 Å². The molecule has 0 spiro atoms. The van der Waals surface area contributed by atoms with E-state index in [1.54, 1.807) is 6.20 Å². The van der Waals surface area contributed by atoms with E-state index in [0.29, 0.717) is 6.10 Å². The SMILES string of the molecule is Cc1cc2c(=O)[nH]ccc2cc1OC1CCC(N2CCCC2)CC1. The fourth-order valence-electron chi connectivity index (χ4n) is 4.26. The van der Waals surface area contributed by atoms with Gasteiger partial charge in [0.15, 0.2) is 0 Å². The number of rotatable bonds is 3. The summed E-state index contributed by atoms with van der Waals surface area (Å²) in [6.45, 7) is 4.60. The molecule has 0 unspecified atom stereocenters. The molecule has 1 aromatic heterocycles. The monoisotopic (exact) mass is 326 g/mol. The van der Waals surface area contributed by atoms with Gasteiger partial charge in [0.25, 0.3) is 5.56 Å². The first-order valence-corrected chi connectivity index (χ1v) is 9.23. The molecular formula is C20H26N2O2. The summed E-state index contributed by atoms with van der Waals surface area (Å²) in [6.07, 6.45) is 9.50. The lowest BCUT2D eigenvalue weighted by atomic mass is 9.92. The Kier molecular flexibility index (Phi) is 4.31. The zero-order chi connectivity index (χ0) is 16.5. The van der Waals surface area contributed by atoms with Gasteiger partial charge in [-0.1, -0.05) is 0 Å². The zero-order valence-electron chi connectivity index (χ0n) is 14.4. The Morgan fingerprint density at radius 3 is 2.62 bits per heavy atom. The lowest BCUT2D eigenvalue weighted by Gasteiger charge is -2.34. The van der Waals surface area contributed by atoms with Crippen molar-refractivity contribution >= 4 is 10.8 Å². The van der Waals surface area contributed by atoms with E-state index < -0.39 is 0 Å². The molecule has 0 amide bonds. The van der Waals surface area contributed by atoms with Gasteiger partial charge in [-0.3, -0.25) is 4.79 Å². The molecule has 1 N–H and O–H groups in total. The molecule has 2 aromatic rings. The van der Waals surface area contributed by atoms with Gasteiger partial charge in [0, 0.05) is 17.6 Å². The van der Waals surface area contributed by atoms with Crippen molar-refractivity contribution in [3.05, 3.63) is 40.3 Å². The highest BCUT2D eigenvalue weighted by Gasteiger charge is 2.28. The van der Waals surface area contributed by atoms with Gasteiger partial charge in [-0.05, 0) is 87.7 Å². The maximum Gasteiger partial charge on any atom is 0.255 e. The van der Waals surface area contributed by atoms with Gasteiger partial charge in [-0.15, -0.1) is 0 Å². The normalized spacial score (nSPS) is 25.2. The van der Waals surface area contributed by atoms with Crippen molar-refractivity contribution in [2.24, 2.45) is 0 Å². The predicted octanol–water partition coefficient (Wildman–Crippen LogP) is 3.62. The number of ether oxygens (including phenoxy) is 1. The number of fused-ring (bicyclic) bond motifs is 1. The molecule has 4 nitrogen and oxygen atoms in total. The van der Waals surface area contributed by atoms with E-state index in [1.807, 2.05) is 25.1 Å². The van der Waals surface area contributed by atoms with Gasteiger partial charge in [0.1, 0.15) is 5.75 Å². The molecule has 4 heteroatoms. The standard InChI is InChI=1S/C20H26N2O2/c1-14-12-18-15(8-9-21-20(18)23)13-19(14)24-17-6-4-16(5-7-17)22-10-2-3-11-22/h8-9,12-13,16-17H,2-7,10-11H2,1H3,(H,21,23). The molecule has 24 heavy (non-hydrogen) atoms. The smallest absolute Gasteiger partial charge is 0.255 e. The number of pyridine rings is 1. The molecule has 1 aromatic carbocycles. The lowest BCUT2D eigenvalue weighted by Crippen LogP contribution is -2.38. The molecule has 0 bridgehead atoms. The Morgan fingerprint density at radius 2 is 1.88 bits per heavy atom. The third kappa shape index (κ3) is 3.07. The fraction of sp³-hybridized carbons (Fsp3) is 0.550. The number of nitrogens with one attached hydrogen (secondary N) is 1. The predicted molar refractivity (Wildman–Crippen MR) is 96.8 cm³/mol. The minimum Gasteiger partial charge on any atom is -0.490 e. The van der Waals surface area contributed by atoms with Crippen LogP contribution in [0.1, 0.15) is 44.1 Å². The number of H-pyrrole nitrogens is 1. The van der Waals surface area contributed by atoms with Crippen LogP contribution in [0.2, 0.25) is 0 Å². The summed E-state index contributed by atoms with van der Waals surface area (Å²) in [5, 5.41) is 1.69. The molecule has 2 heterocycles. The van der Waals surface area contributed by atoms with Crippen molar-refractivity contribution in [3.63, 3.8) is 0 Å². The minimum atomic E-state index is -0.0340. The first-order valence-electron chi connectivity index (χ1n) is 9.23. The van der Waals surface area contributed by atoms with Crippen molar-refractivity contribution in [3.8, 4) is 5.75 Å². The Balaban J connectivity index is 1.45. The maximum absolute atomic E-state index is 11.9. The van der Waals surface area contributed by atoms with Crippen molar-refractivity contribution < 1.29 is 4.74 Å². The number of nitrogens with zero attached hydrogens (tertiary/aromatic N) is 1. The van der Waals surface area contributed by atoms with E-state index >= 15 is 0 Å². The third-order valence-corrected chi connectivity index (χ3v) is 5.66. The Hall–Kier alpha value is -1.81. The van der Waals surface area contributed by atoms with E-state index in [1.165, 1.54) is 38.8 Å². The van der Waals surface area contributed by atoms with Gasteiger partial charge < -0.3 is 14.6 Å². The van der Waals surface area contributed by atoms with Crippen LogP contribution in [0, 0.1) is 6.92 Å². The van der Waals surface area contributed by atoms with Crippen LogP contribution >= 0.6 is 0 Å². The molecule has 1 aliphatic heterocycles. The second kappa shape index (κ2) is 6.60. The van der Waals surface area contributed by atoms with Gasteiger partial charge in [-0.2, -0.15) is 0 Å². The van der Waals surface area contributed by atoms with Crippen LogP contribution in [-0.2, 0) is 0 Å². The van der Waals surface area contributed by atoms with Crippen molar-refractivity contribution in [2.45, 2.75) is 57.6 Å². The quantitative estimate of drug-likeness (QED) is 0.937. The molecule has 1 saturated heterocycles. The summed E-state index contributed by atoms with van der Waals surface area (Å²) >= 11 is 0. The summed E-state index contributed by atoms with van der Waals surface area (Å²) in [7, 11) is 0. The van der Waals surface area contributed by atoms with Crippen LogP contribution in [-0.4, -0.2) is 35.1 Å². The Labute approximate surface area is 142 Å². The second-order valence-corrected chi connectivity index (χ2v) is 7.30. The number of likely N-dealkylation sites (tertiary alicyclic amines) is 1. The highest BCUT2D eigenvalue weighted by molar-refractivity contribution is 5.83. The van der Waals surface area contributed by atoms with Gasteiger partial charge in [-0.25, -0.2) is 0 Å². The fourth-order valence-corrected chi connectivity index (χ4v) is 4.26. The number of aryl methyl sites for hydroxylation is 1. The van der Waals surface area contributed by atoms with E-state index in [2.05, 4.69) is 9.88 Å². The molecule has 4 rings (SSSR count). The van der Waals surface area contributed by atoms with Crippen LogP contribution in [0.15, 0.2) is 29.2 Å². The highest BCUT2D eigenvalue weighted by Crippen LogP contribution is 2.31. The van der Waals surface area contributed by atoms with Crippen LogP contribution in [0.5, 0.6) is 5.75 Å². The average Bonchev–Trinajstić information content (AvgIpc) is 3.12. The molecule has 1 saturated carbocycles. The molecule has 0 radical (unpaired) electrons. The molecule has 2 aliphatic rings. The van der Waals surface area contributed by atoms with Crippen molar-refractivity contribution in [1.29, 1.82) is 0 Å². The van der Waals surface area contributed by atoms with E-state index in [9.17, 15) is 4.79 Å². The number of hydrogen-bond acceptors (Lipinski definition) is 3. The second-order valence-electron chi connectivity index (χ2n) is 7.30. The number of hydrogen-bond donors (Lipinski definition) is 1. The molecule has 1 aliphatic carbocycles. The molecule has 2 fully saturated rings. The van der Waals surface area contributed by atoms with Crippen LogP contribution in [0.4, 0.5) is 0 Å². The maximum atomic E-state index is 11.9. The lowest BCUT2D eigenvalue weighted by molar-refractivity contribution is 0.0996. The first kappa shape index (κ1) is 15.7. The summed E-state index contributed by atoms with van der Waals surface area (Å²) in [6, 6.07) is 6.67. The number of benzene rings is 1. The third-order valence-electron chi connectivity index (χ3n) is 5.66. The first-order chi connectivity index (χ1) is 11.7. The van der Waals surface area contributed by atoms with Crippen LogP contribution in [0.3, 0.4) is 0 Å².